The van der Waals surface area contributed by atoms with E-state index in [0.717, 1.165) is 5.56 Å². The lowest BCUT2D eigenvalue weighted by Crippen LogP contribution is -1.98. The molecule has 2 aromatic rings. The molecule has 0 aliphatic rings. The summed E-state index contributed by atoms with van der Waals surface area (Å²) in [5, 5.41) is 4.41. The first-order valence-corrected chi connectivity index (χ1v) is 5.56. The molecular formula is C12H11ClN2O2. The summed E-state index contributed by atoms with van der Waals surface area (Å²) in [5.74, 6) is 0.929. The summed E-state index contributed by atoms with van der Waals surface area (Å²) in [6, 6.07) is 7.45. The van der Waals surface area contributed by atoms with Crippen molar-refractivity contribution < 1.29 is 9.32 Å². The van der Waals surface area contributed by atoms with Gasteiger partial charge in [-0.3, -0.25) is 4.79 Å². The monoisotopic (exact) mass is 250 g/mol. The van der Waals surface area contributed by atoms with Crippen LogP contribution in [-0.2, 0) is 17.6 Å². The van der Waals surface area contributed by atoms with Gasteiger partial charge in [0, 0.05) is 5.02 Å². The van der Waals surface area contributed by atoms with Crippen molar-refractivity contribution in [3.05, 3.63) is 46.6 Å². The van der Waals surface area contributed by atoms with E-state index in [9.17, 15) is 4.79 Å². The number of Topliss-reactive ketones (excluding diaryl/α,β-unsaturated/α-hetero) is 1. The second kappa shape index (κ2) is 5.10. The Hall–Kier alpha value is -1.68. The molecule has 0 atom stereocenters. The number of carbonyl (C=O) groups is 1. The van der Waals surface area contributed by atoms with Crippen LogP contribution in [0.25, 0.3) is 0 Å². The van der Waals surface area contributed by atoms with E-state index in [1.54, 1.807) is 6.07 Å². The number of aromatic nitrogens is 2. The second-order valence-corrected chi connectivity index (χ2v) is 4.23. The van der Waals surface area contributed by atoms with Crippen LogP contribution in [0.4, 0.5) is 0 Å². The minimum Gasteiger partial charge on any atom is -0.339 e. The fourth-order valence-electron chi connectivity index (χ4n) is 1.48. The minimum atomic E-state index is 0.0140. The molecule has 1 heterocycles. The fraction of sp³-hybridized carbons (Fsp3) is 0.250. The Bertz CT molecular complexity index is 537. The highest BCUT2D eigenvalue weighted by atomic mass is 35.5. The van der Waals surface area contributed by atoms with Crippen molar-refractivity contribution in [2.75, 3.05) is 0 Å². The summed E-state index contributed by atoms with van der Waals surface area (Å²) in [6.45, 7) is 1.49. The SMILES string of the molecule is CC(=O)Cc1noc(Cc2cccc(Cl)c2)n1. The molecule has 1 aromatic heterocycles. The molecule has 0 N–H and O–H groups in total. The molecule has 1 aromatic carbocycles. The number of hydrogen-bond donors (Lipinski definition) is 0. The molecule has 0 aliphatic carbocycles. The van der Waals surface area contributed by atoms with E-state index in [1.807, 2.05) is 18.2 Å². The average Bonchev–Trinajstić information content (AvgIpc) is 2.64. The Morgan fingerprint density at radius 3 is 3.00 bits per heavy atom. The number of rotatable bonds is 4. The summed E-state index contributed by atoms with van der Waals surface area (Å²) in [7, 11) is 0. The van der Waals surface area contributed by atoms with Crippen molar-refractivity contribution in [1.82, 2.24) is 10.1 Å². The van der Waals surface area contributed by atoms with E-state index in [0.29, 0.717) is 23.2 Å². The number of nitrogens with zero attached hydrogens (tertiary/aromatic N) is 2. The summed E-state index contributed by atoms with van der Waals surface area (Å²) >= 11 is 5.87. The van der Waals surface area contributed by atoms with Crippen LogP contribution in [0.5, 0.6) is 0 Å². The molecule has 0 saturated heterocycles. The molecule has 0 amide bonds. The largest absolute Gasteiger partial charge is 0.339 e. The third kappa shape index (κ3) is 3.39. The van der Waals surface area contributed by atoms with Gasteiger partial charge in [0.25, 0.3) is 0 Å². The summed E-state index contributed by atoms with van der Waals surface area (Å²) in [4.78, 5) is 15.0. The zero-order valence-electron chi connectivity index (χ0n) is 9.31. The Kier molecular flexibility index (Phi) is 3.54. The lowest BCUT2D eigenvalue weighted by Gasteiger charge is -1.96. The highest BCUT2D eigenvalue weighted by molar-refractivity contribution is 6.30. The topological polar surface area (TPSA) is 56.0 Å². The zero-order valence-corrected chi connectivity index (χ0v) is 10.1. The molecule has 88 valence electrons. The highest BCUT2D eigenvalue weighted by Gasteiger charge is 2.08. The molecular weight excluding hydrogens is 240 g/mol. The van der Waals surface area contributed by atoms with Crippen LogP contribution >= 0.6 is 11.6 Å². The van der Waals surface area contributed by atoms with Crippen LogP contribution in [0.1, 0.15) is 24.2 Å². The van der Waals surface area contributed by atoms with Gasteiger partial charge in [-0.2, -0.15) is 4.98 Å². The van der Waals surface area contributed by atoms with Crippen molar-refractivity contribution in [2.24, 2.45) is 0 Å². The molecule has 5 heteroatoms. The summed E-state index contributed by atoms with van der Waals surface area (Å²) in [5.41, 5.74) is 0.996. The van der Waals surface area contributed by atoms with E-state index in [-0.39, 0.29) is 12.2 Å². The van der Waals surface area contributed by atoms with Gasteiger partial charge in [0.1, 0.15) is 5.78 Å². The third-order valence-corrected chi connectivity index (χ3v) is 2.40. The van der Waals surface area contributed by atoms with Crippen molar-refractivity contribution >= 4 is 17.4 Å². The second-order valence-electron chi connectivity index (χ2n) is 3.79. The molecule has 2 rings (SSSR count). The van der Waals surface area contributed by atoms with Gasteiger partial charge >= 0.3 is 0 Å². The lowest BCUT2D eigenvalue weighted by atomic mass is 10.1. The standard InChI is InChI=1S/C12H11ClN2O2/c1-8(16)5-11-14-12(17-15-11)7-9-3-2-4-10(13)6-9/h2-4,6H,5,7H2,1H3. The number of carbonyl (C=O) groups excluding carboxylic acids is 1. The Balaban J connectivity index is 2.08. The van der Waals surface area contributed by atoms with E-state index < -0.39 is 0 Å². The molecule has 0 spiro atoms. The van der Waals surface area contributed by atoms with E-state index in [1.165, 1.54) is 6.92 Å². The van der Waals surface area contributed by atoms with Gasteiger partial charge in [-0.15, -0.1) is 0 Å². The first kappa shape index (κ1) is 11.8. The van der Waals surface area contributed by atoms with Crippen molar-refractivity contribution in [1.29, 1.82) is 0 Å². The molecule has 4 nitrogen and oxygen atoms in total. The Morgan fingerprint density at radius 2 is 2.29 bits per heavy atom. The molecule has 17 heavy (non-hydrogen) atoms. The van der Waals surface area contributed by atoms with Gasteiger partial charge in [-0.25, -0.2) is 0 Å². The van der Waals surface area contributed by atoms with Crippen molar-refractivity contribution in [3.8, 4) is 0 Å². The van der Waals surface area contributed by atoms with Crippen molar-refractivity contribution in [2.45, 2.75) is 19.8 Å². The smallest absolute Gasteiger partial charge is 0.231 e. The first-order chi connectivity index (χ1) is 8.13. The number of hydrogen-bond acceptors (Lipinski definition) is 4. The Labute approximate surface area is 104 Å². The summed E-state index contributed by atoms with van der Waals surface area (Å²) < 4.78 is 5.05. The van der Waals surface area contributed by atoms with E-state index in [4.69, 9.17) is 16.1 Å². The van der Waals surface area contributed by atoms with Gasteiger partial charge in [-0.05, 0) is 24.6 Å². The molecule has 0 bridgehead atoms. The van der Waals surface area contributed by atoms with E-state index in [2.05, 4.69) is 10.1 Å². The summed E-state index contributed by atoms with van der Waals surface area (Å²) in [6.07, 6.45) is 0.727. The van der Waals surface area contributed by atoms with Crippen LogP contribution in [0, 0.1) is 0 Å². The van der Waals surface area contributed by atoms with Gasteiger partial charge in [0.15, 0.2) is 5.82 Å². The van der Waals surface area contributed by atoms with Crippen LogP contribution in [0.15, 0.2) is 28.8 Å². The van der Waals surface area contributed by atoms with Gasteiger partial charge in [0.05, 0.1) is 12.8 Å². The van der Waals surface area contributed by atoms with Crippen molar-refractivity contribution in [3.63, 3.8) is 0 Å². The number of halogens is 1. The van der Waals surface area contributed by atoms with Gasteiger partial charge in [-0.1, -0.05) is 28.9 Å². The maximum absolute atomic E-state index is 10.9. The highest BCUT2D eigenvalue weighted by Crippen LogP contribution is 2.13. The normalized spacial score (nSPS) is 10.5. The maximum Gasteiger partial charge on any atom is 0.231 e. The maximum atomic E-state index is 10.9. The fourth-order valence-corrected chi connectivity index (χ4v) is 1.69. The molecule has 0 radical (unpaired) electrons. The average molecular weight is 251 g/mol. The molecule has 0 fully saturated rings. The van der Waals surface area contributed by atoms with E-state index >= 15 is 0 Å². The van der Waals surface area contributed by atoms with Crippen LogP contribution < -0.4 is 0 Å². The predicted octanol–water partition coefficient (Wildman–Crippen LogP) is 2.45. The molecule has 0 unspecified atom stereocenters. The molecule has 0 aliphatic heterocycles. The van der Waals surface area contributed by atoms with Gasteiger partial charge in [0.2, 0.25) is 5.89 Å². The third-order valence-electron chi connectivity index (χ3n) is 2.16. The molecule has 0 saturated carbocycles. The quantitative estimate of drug-likeness (QED) is 0.836. The zero-order chi connectivity index (χ0) is 12.3. The van der Waals surface area contributed by atoms with Crippen LogP contribution in [0.3, 0.4) is 0 Å². The number of benzene rings is 1. The first-order valence-electron chi connectivity index (χ1n) is 5.19. The number of ketones is 1. The minimum absolute atomic E-state index is 0.0140. The Morgan fingerprint density at radius 1 is 1.47 bits per heavy atom. The van der Waals surface area contributed by atoms with Gasteiger partial charge < -0.3 is 4.52 Å². The van der Waals surface area contributed by atoms with Crippen LogP contribution in [0.2, 0.25) is 5.02 Å². The van der Waals surface area contributed by atoms with Crippen LogP contribution in [-0.4, -0.2) is 15.9 Å². The predicted molar refractivity (Wildman–Crippen MR) is 62.9 cm³/mol. The lowest BCUT2D eigenvalue weighted by molar-refractivity contribution is -0.116.